The second-order valence-corrected chi connectivity index (χ2v) is 4.12. The fourth-order valence-electron chi connectivity index (χ4n) is 0.652. The number of nitrogens with zero attached hydrogens (tertiary/aromatic N) is 2. The van der Waals surface area contributed by atoms with Crippen molar-refractivity contribution in [3.8, 4) is 0 Å². The van der Waals surface area contributed by atoms with Crippen molar-refractivity contribution >= 4 is 34.8 Å². The Bertz CT molecular complexity index is 225. The van der Waals surface area contributed by atoms with Gasteiger partial charge in [-0.15, -0.1) is 0 Å². The Morgan fingerprint density at radius 1 is 1.50 bits per heavy atom. The lowest BCUT2D eigenvalue weighted by molar-refractivity contribution is 0.722. The van der Waals surface area contributed by atoms with Gasteiger partial charge in [-0.05, 0) is 6.07 Å². The third-order valence-electron chi connectivity index (χ3n) is 1.11. The van der Waals surface area contributed by atoms with Gasteiger partial charge in [0.2, 0.25) is 3.79 Å². The fourth-order valence-corrected chi connectivity index (χ4v) is 1.21. The Labute approximate surface area is 73.7 Å². The highest BCUT2D eigenvalue weighted by molar-refractivity contribution is 6.66. The molecule has 0 fully saturated rings. The van der Waals surface area contributed by atoms with E-state index >= 15 is 0 Å². The summed E-state index contributed by atoms with van der Waals surface area (Å²) in [5.74, 6) is 0. The lowest BCUT2D eigenvalue weighted by atomic mass is 10.5. The quantitative estimate of drug-likeness (QED) is 0.586. The van der Waals surface area contributed by atoms with E-state index in [1.807, 2.05) is 0 Å². The normalized spacial score (nSPS) is 12.0. The lowest BCUT2D eigenvalue weighted by Gasteiger charge is -2.09. The molecule has 0 atom stereocenters. The van der Waals surface area contributed by atoms with Crippen LogP contribution >= 0.6 is 34.8 Å². The Hall–Kier alpha value is 0.0800. The van der Waals surface area contributed by atoms with Gasteiger partial charge in [0.15, 0.2) is 0 Å². The second kappa shape index (κ2) is 2.61. The molecule has 0 aliphatic carbocycles. The molecule has 1 heterocycles. The first-order valence-electron chi connectivity index (χ1n) is 2.57. The molecule has 0 saturated carbocycles. The first kappa shape index (κ1) is 8.18. The predicted molar refractivity (Wildman–Crippen MR) is 42.4 cm³/mol. The van der Waals surface area contributed by atoms with E-state index in [2.05, 4.69) is 5.10 Å². The molecule has 0 N–H and O–H groups in total. The third kappa shape index (κ3) is 1.57. The van der Waals surface area contributed by atoms with Crippen LogP contribution in [0, 0.1) is 0 Å². The van der Waals surface area contributed by atoms with Crippen molar-refractivity contribution in [1.29, 1.82) is 0 Å². The molecule has 1 aromatic rings. The van der Waals surface area contributed by atoms with E-state index in [4.69, 9.17) is 34.8 Å². The van der Waals surface area contributed by atoms with Crippen LogP contribution in [0.25, 0.3) is 0 Å². The van der Waals surface area contributed by atoms with Gasteiger partial charge in [0.05, 0.1) is 5.69 Å². The maximum Gasteiger partial charge on any atom is 0.232 e. The van der Waals surface area contributed by atoms with Crippen molar-refractivity contribution in [2.45, 2.75) is 3.79 Å². The number of aryl methyl sites for hydroxylation is 1. The van der Waals surface area contributed by atoms with Gasteiger partial charge >= 0.3 is 0 Å². The number of hydrogen-bond acceptors (Lipinski definition) is 1. The summed E-state index contributed by atoms with van der Waals surface area (Å²) in [6.45, 7) is 0. The molecule has 2 nitrogen and oxygen atoms in total. The zero-order chi connectivity index (χ0) is 7.78. The average Bonchev–Trinajstić information content (AvgIpc) is 2.11. The van der Waals surface area contributed by atoms with Gasteiger partial charge in [0.1, 0.15) is 0 Å². The molecule has 0 spiro atoms. The van der Waals surface area contributed by atoms with Crippen LogP contribution in [-0.4, -0.2) is 9.78 Å². The van der Waals surface area contributed by atoms with Crippen LogP contribution in [-0.2, 0) is 10.8 Å². The number of aromatic nitrogens is 2. The van der Waals surface area contributed by atoms with Crippen LogP contribution in [0.2, 0.25) is 0 Å². The smallest absolute Gasteiger partial charge is 0.232 e. The van der Waals surface area contributed by atoms with Gasteiger partial charge in [-0.3, -0.25) is 4.68 Å². The monoisotopic (exact) mass is 198 g/mol. The van der Waals surface area contributed by atoms with E-state index in [1.54, 1.807) is 19.3 Å². The van der Waals surface area contributed by atoms with Crippen LogP contribution in [0.5, 0.6) is 0 Å². The summed E-state index contributed by atoms with van der Waals surface area (Å²) in [6.07, 6.45) is 1.58. The van der Waals surface area contributed by atoms with E-state index in [0.717, 1.165) is 0 Å². The van der Waals surface area contributed by atoms with Gasteiger partial charge in [-0.2, -0.15) is 5.10 Å². The van der Waals surface area contributed by atoms with Crippen molar-refractivity contribution in [2.75, 3.05) is 0 Å². The Kier molecular flexibility index (Phi) is 2.13. The number of halogens is 3. The minimum atomic E-state index is -1.37. The van der Waals surface area contributed by atoms with E-state index in [0.29, 0.717) is 5.69 Å². The SMILES string of the molecule is Cn1nccc1C(Cl)(Cl)Cl. The Morgan fingerprint density at radius 3 is 2.30 bits per heavy atom. The summed E-state index contributed by atoms with van der Waals surface area (Å²) in [5.41, 5.74) is 0.567. The predicted octanol–water partition coefficient (Wildman–Crippen LogP) is 2.25. The van der Waals surface area contributed by atoms with Crippen LogP contribution < -0.4 is 0 Å². The van der Waals surface area contributed by atoms with Crippen molar-refractivity contribution in [1.82, 2.24) is 9.78 Å². The average molecular weight is 199 g/mol. The maximum atomic E-state index is 5.58. The molecule has 1 aromatic heterocycles. The van der Waals surface area contributed by atoms with Crippen molar-refractivity contribution in [3.05, 3.63) is 18.0 Å². The highest BCUT2D eigenvalue weighted by Crippen LogP contribution is 2.37. The summed E-state index contributed by atoms with van der Waals surface area (Å²) >= 11 is 16.7. The van der Waals surface area contributed by atoms with E-state index in [9.17, 15) is 0 Å². The zero-order valence-electron chi connectivity index (χ0n) is 5.18. The lowest BCUT2D eigenvalue weighted by Crippen LogP contribution is -2.07. The van der Waals surface area contributed by atoms with Crippen molar-refractivity contribution in [2.24, 2.45) is 7.05 Å². The Morgan fingerprint density at radius 2 is 2.10 bits per heavy atom. The molecule has 56 valence electrons. The van der Waals surface area contributed by atoms with Gasteiger partial charge in [0.25, 0.3) is 0 Å². The highest BCUT2D eigenvalue weighted by Gasteiger charge is 2.25. The van der Waals surface area contributed by atoms with E-state index < -0.39 is 3.79 Å². The third-order valence-corrected chi connectivity index (χ3v) is 1.69. The molecule has 10 heavy (non-hydrogen) atoms. The molecule has 0 unspecified atom stereocenters. The zero-order valence-corrected chi connectivity index (χ0v) is 7.45. The standard InChI is InChI=1S/C5H5Cl3N2/c1-10-4(2-3-9-10)5(6,7)8/h2-3H,1H3. The minimum Gasteiger partial charge on any atom is -0.268 e. The molecular weight excluding hydrogens is 194 g/mol. The largest absolute Gasteiger partial charge is 0.268 e. The summed E-state index contributed by atoms with van der Waals surface area (Å²) in [5, 5.41) is 3.85. The van der Waals surface area contributed by atoms with Crippen LogP contribution in [0.1, 0.15) is 5.69 Å². The molecule has 0 radical (unpaired) electrons. The van der Waals surface area contributed by atoms with Crippen molar-refractivity contribution < 1.29 is 0 Å². The molecule has 0 aliphatic rings. The number of alkyl halides is 3. The first-order chi connectivity index (χ1) is 4.52. The fraction of sp³-hybridized carbons (Fsp3) is 0.400. The van der Waals surface area contributed by atoms with Gasteiger partial charge in [-0.1, -0.05) is 34.8 Å². The summed E-state index contributed by atoms with van der Waals surface area (Å²) in [4.78, 5) is 0. The number of hydrogen-bond donors (Lipinski definition) is 0. The maximum absolute atomic E-state index is 5.58. The van der Waals surface area contributed by atoms with E-state index in [1.165, 1.54) is 4.68 Å². The van der Waals surface area contributed by atoms with Crippen molar-refractivity contribution in [3.63, 3.8) is 0 Å². The summed E-state index contributed by atoms with van der Waals surface area (Å²) in [6, 6.07) is 1.66. The minimum absolute atomic E-state index is 0.567. The highest BCUT2D eigenvalue weighted by atomic mass is 35.6. The first-order valence-corrected chi connectivity index (χ1v) is 3.70. The molecule has 0 aliphatic heterocycles. The molecule has 0 amide bonds. The topological polar surface area (TPSA) is 17.8 Å². The second-order valence-electron chi connectivity index (χ2n) is 1.84. The molecule has 0 aromatic carbocycles. The van der Waals surface area contributed by atoms with Gasteiger partial charge in [-0.25, -0.2) is 0 Å². The van der Waals surface area contributed by atoms with Crippen LogP contribution in [0.3, 0.4) is 0 Å². The van der Waals surface area contributed by atoms with Gasteiger partial charge < -0.3 is 0 Å². The Balaban J connectivity index is 3.05. The molecule has 1 rings (SSSR count). The molecular formula is C5H5Cl3N2. The van der Waals surface area contributed by atoms with E-state index in [-0.39, 0.29) is 0 Å². The summed E-state index contributed by atoms with van der Waals surface area (Å²) < 4.78 is 0.151. The number of rotatable bonds is 0. The van der Waals surface area contributed by atoms with Gasteiger partial charge in [0, 0.05) is 13.2 Å². The molecule has 0 bridgehead atoms. The van der Waals surface area contributed by atoms with Crippen LogP contribution in [0.4, 0.5) is 0 Å². The summed E-state index contributed by atoms with van der Waals surface area (Å²) in [7, 11) is 1.72. The molecule has 0 saturated heterocycles. The molecule has 5 heteroatoms. The van der Waals surface area contributed by atoms with Crippen LogP contribution in [0.15, 0.2) is 12.3 Å².